The van der Waals surface area contributed by atoms with Gasteiger partial charge in [-0.15, -0.1) is 0 Å². The summed E-state index contributed by atoms with van der Waals surface area (Å²) in [5.74, 6) is 0. The van der Waals surface area contributed by atoms with Gasteiger partial charge in [-0.2, -0.15) is 0 Å². The lowest BCUT2D eigenvalue weighted by atomic mass is 9.96. The van der Waals surface area contributed by atoms with Crippen molar-refractivity contribution >= 4 is 54.5 Å². The van der Waals surface area contributed by atoms with Crippen LogP contribution in [0.3, 0.4) is 0 Å². The summed E-state index contributed by atoms with van der Waals surface area (Å²) < 4.78 is 6.33. The first-order valence-electron chi connectivity index (χ1n) is 12.3. The van der Waals surface area contributed by atoms with E-state index in [2.05, 4.69) is 114 Å². The summed E-state index contributed by atoms with van der Waals surface area (Å²) in [4.78, 5) is 3.73. The molecular weight excluding hydrogens is 438 g/mol. The van der Waals surface area contributed by atoms with Gasteiger partial charge in [-0.3, -0.25) is 0 Å². The fourth-order valence-electron chi connectivity index (χ4n) is 5.77. The number of rotatable bonds is 2. The van der Waals surface area contributed by atoms with E-state index in [9.17, 15) is 0 Å². The minimum Gasteiger partial charge on any atom is -0.455 e. The molecule has 8 aromatic rings. The molecule has 0 unspecified atom stereocenters. The molecule has 2 nitrogen and oxygen atoms in total. The normalized spacial score (nSPS) is 11.9. The first-order valence-corrected chi connectivity index (χ1v) is 12.3. The fraction of sp³-hybridized carbons (Fsp3) is 0. The lowest BCUT2D eigenvalue weighted by Crippen LogP contribution is -1.84. The third-order valence-electron chi connectivity index (χ3n) is 7.41. The summed E-state index contributed by atoms with van der Waals surface area (Å²) in [6, 6.07) is 43.1. The van der Waals surface area contributed by atoms with Crippen LogP contribution < -0.4 is 0 Å². The number of benzene rings is 6. The van der Waals surface area contributed by atoms with Crippen molar-refractivity contribution in [3.63, 3.8) is 0 Å². The molecule has 0 aliphatic carbocycles. The second kappa shape index (κ2) is 7.34. The molecule has 0 aliphatic rings. The molecular formula is C34H21NO. The van der Waals surface area contributed by atoms with E-state index < -0.39 is 0 Å². The van der Waals surface area contributed by atoms with E-state index in [0.717, 1.165) is 33.1 Å². The Morgan fingerprint density at radius 3 is 2.11 bits per heavy atom. The lowest BCUT2D eigenvalue weighted by molar-refractivity contribution is 0.670. The Morgan fingerprint density at radius 2 is 1.19 bits per heavy atom. The number of aromatic amines is 1. The third-order valence-corrected chi connectivity index (χ3v) is 7.41. The smallest absolute Gasteiger partial charge is 0.143 e. The zero-order valence-electron chi connectivity index (χ0n) is 19.5. The molecule has 0 aliphatic heterocycles. The lowest BCUT2D eigenvalue weighted by Gasteiger charge is -2.08. The molecule has 0 atom stereocenters. The van der Waals surface area contributed by atoms with Crippen LogP contribution in [0.4, 0.5) is 0 Å². The van der Waals surface area contributed by atoms with Crippen LogP contribution in [-0.2, 0) is 0 Å². The molecule has 0 radical (unpaired) electrons. The molecule has 36 heavy (non-hydrogen) atoms. The second-order valence-electron chi connectivity index (χ2n) is 9.42. The summed E-state index contributed by atoms with van der Waals surface area (Å²) in [7, 11) is 0. The molecule has 0 bridgehead atoms. The van der Waals surface area contributed by atoms with E-state index in [1.165, 1.54) is 43.7 Å². The van der Waals surface area contributed by atoms with Crippen molar-refractivity contribution in [3.8, 4) is 22.3 Å². The number of hydrogen-bond acceptors (Lipinski definition) is 1. The quantitative estimate of drug-likeness (QED) is 0.274. The molecule has 0 spiro atoms. The van der Waals surface area contributed by atoms with Crippen LogP contribution >= 0.6 is 0 Å². The number of fused-ring (bicyclic) bond motifs is 8. The highest BCUT2D eigenvalue weighted by Gasteiger charge is 2.15. The average Bonchev–Trinajstić information content (AvgIpc) is 3.52. The highest BCUT2D eigenvalue weighted by Crippen LogP contribution is 2.39. The zero-order chi connectivity index (χ0) is 23.6. The van der Waals surface area contributed by atoms with E-state index >= 15 is 0 Å². The number of furan rings is 1. The predicted molar refractivity (Wildman–Crippen MR) is 151 cm³/mol. The largest absolute Gasteiger partial charge is 0.455 e. The van der Waals surface area contributed by atoms with Gasteiger partial charge in [-0.25, -0.2) is 0 Å². The number of aromatic nitrogens is 1. The van der Waals surface area contributed by atoms with E-state index in [-0.39, 0.29) is 0 Å². The van der Waals surface area contributed by atoms with Gasteiger partial charge in [-0.1, -0.05) is 103 Å². The van der Waals surface area contributed by atoms with Crippen molar-refractivity contribution in [1.29, 1.82) is 0 Å². The maximum Gasteiger partial charge on any atom is 0.143 e. The Kier molecular flexibility index (Phi) is 3.97. The summed E-state index contributed by atoms with van der Waals surface area (Å²) in [6.45, 7) is 0. The second-order valence-corrected chi connectivity index (χ2v) is 9.42. The molecule has 2 heterocycles. The molecule has 0 saturated carbocycles. The van der Waals surface area contributed by atoms with E-state index in [0.29, 0.717) is 0 Å². The van der Waals surface area contributed by atoms with E-state index in [4.69, 9.17) is 4.42 Å². The molecule has 2 aromatic heterocycles. The van der Waals surface area contributed by atoms with Crippen LogP contribution in [0.15, 0.2) is 126 Å². The minimum absolute atomic E-state index is 0.922. The molecule has 0 amide bonds. The highest BCUT2D eigenvalue weighted by molar-refractivity contribution is 6.22. The number of para-hydroxylation sites is 3. The Labute approximate surface area is 207 Å². The van der Waals surface area contributed by atoms with E-state index in [1.807, 2.05) is 12.1 Å². The zero-order valence-corrected chi connectivity index (χ0v) is 19.5. The number of H-pyrrole nitrogens is 1. The van der Waals surface area contributed by atoms with Gasteiger partial charge in [0.15, 0.2) is 0 Å². The maximum atomic E-state index is 6.33. The fourth-order valence-corrected chi connectivity index (χ4v) is 5.77. The Balaban J connectivity index is 1.36. The van der Waals surface area contributed by atoms with Crippen LogP contribution in [0, 0.1) is 0 Å². The highest BCUT2D eigenvalue weighted by atomic mass is 16.3. The van der Waals surface area contributed by atoms with Crippen molar-refractivity contribution in [1.82, 2.24) is 4.98 Å². The third kappa shape index (κ3) is 2.73. The van der Waals surface area contributed by atoms with Crippen LogP contribution in [0.2, 0.25) is 0 Å². The van der Waals surface area contributed by atoms with Gasteiger partial charge in [0.1, 0.15) is 11.2 Å². The molecule has 2 heteroatoms. The Bertz CT molecular complexity index is 2110. The molecule has 1 N–H and O–H groups in total. The summed E-state index contributed by atoms with van der Waals surface area (Å²) >= 11 is 0. The molecule has 168 valence electrons. The summed E-state index contributed by atoms with van der Waals surface area (Å²) in [6.07, 6.45) is 0. The van der Waals surface area contributed by atoms with Crippen molar-refractivity contribution < 1.29 is 4.42 Å². The van der Waals surface area contributed by atoms with Gasteiger partial charge in [0.2, 0.25) is 0 Å². The maximum absolute atomic E-state index is 6.33. The Morgan fingerprint density at radius 1 is 0.500 bits per heavy atom. The minimum atomic E-state index is 0.922. The van der Waals surface area contributed by atoms with Crippen molar-refractivity contribution in [2.75, 3.05) is 0 Å². The topological polar surface area (TPSA) is 28.9 Å². The SMILES string of the molecule is c1cc(-c2cccc3c2[nH]c2ccc4ccccc4c23)cc(-c2cccc3c2oc2ccccc23)c1. The molecule has 0 fully saturated rings. The van der Waals surface area contributed by atoms with Crippen molar-refractivity contribution in [3.05, 3.63) is 121 Å². The van der Waals surface area contributed by atoms with Gasteiger partial charge in [-0.05, 0) is 40.1 Å². The van der Waals surface area contributed by atoms with Gasteiger partial charge in [0.25, 0.3) is 0 Å². The first kappa shape index (κ1) is 19.5. The van der Waals surface area contributed by atoms with E-state index in [1.54, 1.807) is 0 Å². The van der Waals surface area contributed by atoms with Crippen molar-refractivity contribution in [2.24, 2.45) is 0 Å². The molecule has 0 saturated heterocycles. The number of nitrogens with one attached hydrogen (secondary N) is 1. The predicted octanol–water partition coefficient (Wildman–Crippen LogP) is 9.71. The first-order chi connectivity index (χ1) is 17.8. The monoisotopic (exact) mass is 459 g/mol. The average molecular weight is 460 g/mol. The van der Waals surface area contributed by atoms with Gasteiger partial charge < -0.3 is 9.40 Å². The molecule has 8 rings (SSSR count). The summed E-state index contributed by atoms with van der Waals surface area (Å²) in [5, 5.41) is 7.39. The van der Waals surface area contributed by atoms with Crippen LogP contribution in [0.25, 0.3) is 76.8 Å². The van der Waals surface area contributed by atoms with Crippen LogP contribution in [0.1, 0.15) is 0 Å². The number of hydrogen-bond donors (Lipinski definition) is 1. The summed E-state index contributed by atoms with van der Waals surface area (Å²) in [5.41, 5.74) is 8.84. The van der Waals surface area contributed by atoms with Crippen LogP contribution in [-0.4, -0.2) is 4.98 Å². The van der Waals surface area contributed by atoms with Gasteiger partial charge >= 0.3 is 0 Å². The van der Waals surface area contributed by atoms with Gasteiger partial charge in [0, 0.05) is 38.2 Å². The van der Waals surface area contributed by atoms with Crippen molar-refractivity contribution in [2.45, 2.75) is 0 Å². The van der Waals surface area contributed by atoms with Gasteiger partial charge in [0.05, 0.1) is 5.52 Å². The van der Waals surface area contributed by atoms with Crippen LogP contribution in [0.5, 0.6) is 0 Å². The molecule has 6 aromatic carbocycles. The standard InChI is InChI=1S/C34H21NO/c1-2-11-24-21(8-1)18-19-30-32(24)29-16-6-13-25(33(29)35-30)22-9-5-10-23(20-22)26-14-7-15-28-27-12-3-4-17-31(27)36-34(26)28/h1-20,35H. The Hall–Kier alpha value is -4.82.